The first-order chi connectivity index (χ1) is 17.8. The van der Waals surface area contributed by atoms with E-state index in [4.69, 9.17) is 16.3 Å². The van der Waals surface area contributed by atoms with Gasteiger partial charge in [-0.2, -0.15) is 4.37 Å². The number of thiophene rings is 2. The van der Waals surface area contributed by atoms with Gasteiger partial charge in [0.05, 0.1) is 19.5 Å². The summed E-state index contributed by atoms with van der Waals surface area (Å²) >= 11 is 10.7. The van der Waals surface area contributed by atoms with E-state index in [0.29, 0.717) is 35.2 Å². The Hall–Kier alpha value is -2.90. The van der Waals surface area contributed by atoms with E-state index in [1.807, 2.05) is 30.3 Å². The lowest BCUT2D eigenvalue weighted by Crippen LogP contribution is -2.17. The van der Waals surface area contributed by atoms with E-state index in [0.717, 1.165) is 42.4 Å². The molecule has 3 heterocycles. The Morgan fingerprint density at radius 3 is 2.68 bits per heavy atom. The number of anilines is 1. The van der Waals surface area contributed by atoms with Crippen molar-refractivity contribution in [1.82, 2.24) is 4.37 Å². The van der Waals surface area contributed by atoms with Gasteiger partial charge in [-0.1, -0.05) is 29.8 Å². The van der Waals surface area contributed by atoms with Crippen LogP contribution < -0.4 is 5.32 Å². The van der Waals surface area contributed by atoms with Gasteiger partial charge in [0.2, 0.25) is 0 Å². The zero-order valence-electron chi connectivity index (χ0n) is 19.7. The number of aliphatic carboxylic acids is 1. The van der Waals surface area contributed by atoms with Gasteiger partial charge in [-0.05, 0) is 80.1 Å². The Labute approximate surface area is 230 Å². The summed E-state index contributed by atoms with van der Waals surface area (Å²) in [5, 5.41) is 14.0. The molecule has 2 saturated carbocycles. The van der Waals surface area contributed by atoms with Gasteiger partial charge in [0.25, 0.3) is 0 Å². The molecule has 2 fully saturated rings. The van der Waals surface area contributed by atoms with Crippen molar-refractivity contribution in [1.29, 1.82) is 0 Å². The van der Waals surface area contributed by atoms with Crippen molar-refractivity contribution in [2.24, 2.45) is 0 Å². The number of hydrogen-bond donors (Lipinski definition) is 2. The highest BCUT2D eigenvalue weighted by Gasteiger charge is 2.53. The monoisotopic (exact) mass is 568 g/mol. The molecule has 0 radical (unpaired) electrons. The predicted octanol–water partition coefficient (Wildman–Crippen LogP) is 7.78. The van der Waals surface area contributed by atoms with Gasteiger partial charge in [-0.15, -0.1) is 22.7 Å². The van der Waals surface area contributed by atoms with Crippen LogP contribution in [0.5, 0.6) is 0 Å². The average Bonchev–Trinajstić information content (AvgIpc) is 3.75. The second-order valence-electron chi connectivity index (χ2n) is 9.34. The van der Waals surface area contributed by atoms with E-state index in [1.54, 1.807) is 35.7 Å². The van der Waals surface area contributed by atoms with Gasteiger partial charge in [-0.25, -0.2) is 4.79 Å². The third kappa shape index (κ3) is 4.75. The first-order valence-corrected chi connectivity index (χ1v) is 14.6. The van der Waals surface area contributed by atoms with E-state index in [-0.39, 0.29) is 0 Å². The number of amides is 1. The van der Waals surface area contributed by atoms with E-state index in [2.05, 4.69) is 21.5 Å². The number of halogens is 1. The van der Waals surface area contributed by atoms with Crippen LogP contribution in [-0.2, 0) is 14.9 Å². The van der Waals surface area contributed by atoms with Crippen molar-refractivity contribution in [3.63, 3.8) is 0 Å². The summed E-state index contributed by atoms with van der Waals surface area (Å²) in [5.74, 6) is 5.97. The normalized spacial score (nSPS) is 16.6. The lowest BCUT2D eigenvalue weighted by Gasteiger charge is -2.15. The van der Waals surface area contributed by atoms with Crippen LogP contribution in [0.2, 0.25) is 5.02 Å². The molecule has 0 aliphatic heterocycles. The quantitative estimate of drug-likeness (QED) is 0.232. The van der Waals surface area contributed by atoms with E-state index >= 15 is 0 Å². The molecule has 188 valence electrons. The standard InChI is InChI=1S/C27H21ClN2O4S3/c1-14(18-4-2-3-5-19(18)28)34-26(33)29-22-20(30-37-23(22)15-6-7-15)9-8-17-12-16-13-21(36-24(16)35-17)27(10-11-27)25(31)32/h2-5,12-15H,6-7,10-11H2,1H3,(H,29,33)(H,31,32). The lowest BCUT2D eigenvalue weighted by molar-refractivity contribution is -0.139. The number of ether oxygens (including phenoxy) is 1. The van der Waals surface area contributed by atoms with Crippen LogP contribution in [0, 0.1) is 11.8 Å². The average molecular weight is 569 g/mol. The molecule has 1 atom stereocenters. The molecule has 2 aliphatic rings. The van der Waals surface area contributed by atoms with Crippen LogP contribution >= 0.6 is 45.8 Å². The molecule has 3 aromatic heterocycles. The van der Waals surface area contributed by atoms with E-state index < -0.39 is 23.6 Å². The number of carboxylic acids is 1. The smallest absolute Gasteiger partial charge is 0.412 e. The number of fused-ring (bicyclic) bond motifs is 1. The third-order valence-electron chi connectivity index (χ3n) is 6.67. The maximum absolute atomic E-state index is 12.8. The zero-order valence-corrected chi connectivity index (χ0v) is 22.9. The summed E-state index contributed by atoms with van der Waals surface area (Å²) in [7, 11) is 0. The molecular weight excluding hydrogens is 548 g/mol. The third-order valence-corrected chi connectivity index (χ3v) is 10.5. The van der Waals surface area contributed by atoms with Gasteiger partial charge in [0, 0.05) is 20.8 Å². The Morgan fingerprint density at radius 2 is 2.00 bits per heavy atom. The maximum atomic E-state index is 12.8. The largest absolute Gasteiger partial charge is 0.481 e. The number of carboxylic acid groups (broad SMARTS) is 1. The highest BCUT2D eigenvalue weighted by molar-refractivity contribution is 7.38. The van der Waals surface area contributed by atoms with Gasteiger partial charge >= 0.3 is 12.1 Å². The molecule has 4 aromatic rings. The van der Waals surface area contributed by atoms with Crippen LogP contribution in [0.4, 0.5) is 10.5 Å². The molecule has 6 nitrogen and oxygen atoms in total. The Kier molecular flexibility index (Phi) is 6.24. The minimum absolute atomic E-state index is 0.388. The summed E-state index contributed by atoms with van der Waals surface area (Å²) in [5.41, 5.74) is 1.19. The van der Waals surface area contributed by atoms with Crippen molar-refractivity contribution in [3.8, 4) is 11.8 Å². The van der Waals surface area contributed by atoms with Crippen LogP contribution in [0.3, 0.4) is 0 Å². The number of carbonyl (C=O) groups is 2. The van der Waals surface area contributed by atoms with Crippen LogP contribution in [0.25, 0.3) is 9.40 Å². The number of carbonyl (C=O) groups excluding carboxylic acids is 1. The number of hydrogen-bond acceptors (Lipinski definition) is 7. The fourth-order valence-corrected chi connectivity index (χ4v) is 8.02. The molecule has 0 saturated heterocycles. The molecule has 2 N–H and O–H groups in total. The number of aromatic nitrogens is 1. The van der Waals surface area contributed by atoms with Gasteiger partial charge < -0.3 is 9.84 Å². The van der Waals surface area contributed by atoms with Crippen molar-refractivity contribution < 1.29 is 19.4 Å². The van der Waals surface area contributed by atoms with Crippen LogP contribution in [0.15, 0.2) is 36.4 Å². The maximum Gasteiger partial charge on any atom is 0.412 e. The summed E-state index contributed by atoms with van der Waals surface area (Å²) in [4.78, 5) is 27.3. The molecular formula is C27H21ClN2O4S3. The lowest BCUT2D eigenvalue weighted by atomic mass is 10.1. The summed E-state index contributed by atoms with van der Waals surface area (Å²) in [6, 6.07) is 11.3. The number of benzene rings is 1. The molecule has 0 bridgehead atoms. The number of rotatable bonds is 6. The topological polar surface area (TPSA) is 88.5 Å². The van der Waals surface area contributed by atoms with Gasteiger partial charge in [0.15, 0.2) is 5.69 Å². The first-order valence-electron chi connectivity index (χ1n) is 11.8. The molecule has 1 unspecified atom stereocenters. The molecule has 6 rings (SSSR count). The minimum atomic E-state index is -0.740. The minimum Gasteiger partial charge on any atom is -0.481 e. The van der Waals surface area contributed by atoms with Gasteiger partial charge in [-0.3, -0.25) is 10.1 Å². The summed E-state index contributed by atoms with van der Waals surface area (Å²) in [6.45, 7) is 1.78. The molecule has 1 amide bonds. The SMILES string of the molecule is CC(OC(=O)Nc1c(C#Cc2cc3cc(C4(C(=O)O)CC4)sc3s2)nsc1C1CC1)c1ccccc1Cl. The molecule has 10 heteroatoms. The first kappa shape index (κ1) is 24.4. The predicted molar refractivity (Wildman–Crippen MR) is 148 cm³/mol. The highest BCUT2D eigenvalue weighted by Crippen LogP contribution is 2.53. The molecule has 2 aliphatic carbocycles. The second-order valence-corrected chi connectivity index (χ2v) is 12.9. The van der Waals surface area contributed by atoms with Crippen LogP contribution in [-0.4, -0.2) is 21.5 Å². The summed E-state index contributed by atoms with van der Waals surface area (Å²) in [6.07, 6.45) is 2.44. The van der Waals surface area contributed by atoms with Crippen molar-refractivity contribution >= 4 is 73.0 Å². The fourth-order valence-electron chi connectivity index (χ4n) is 4.24. The number of nitrogens with one attached hydrogen (secondary N) is 1. The second kappa shape index (κ2) is 9.44. The van der Waals surface area contributed by atoms with Crippen molar-refractivity contribution in [2.45, 2.75) is 50.0 Å². The van der Waals surface area contributed by atoms with E-state index in [9.17, 15) is 14.7 Å². The van der Waals surface area contributed by atoms with Crippen molar-refractivity contribution in [3.05, 3.63) is 67.3 Å². The van der Waals surface area contributed by atoms with E-state index in [1.165, 1.54) is 11.5 Å². The van der Waals surface area contributed by atoms with Gasteiger partial charge in [0.1, 0.15) is 11.5 Å². The zero-order chi connectivity index (χ0) is 25.7. The Morgan fingerprint density at radius 1 is 1.22 bits per heavy atom. The fraction of sp³-hybridized carbons (Fsp3) is 0.296. The Balaban J connectivity index is 1.21. The molecule has 0 spiro atoms. The highest BCUT2D eigenvalue weighted by atomic mass is 35.5. The molecule has 1 aromatic carbocycles. The van der Waals surface area contributed by atoms with Crippen LogP contribution in [0.1, 0.15) is 70.5 Å². The summed E-state index contributed by atoms with van der Waals surface area (Å²) < 4.78 is 11.2. The van der Waals surface area contributed by atoms with Crippen molar-refractivity contribution in [2.75, 3.05) is 5.32 Å². The molecule has 37 heavy (non-hydrogen) atoms. The number of nitrogens with zero attached hydrogens (tertiary/aromatic N) is 1. The Bertz CT molecular complexity index is 1570.